The van der Waals surface area contributed by atoms with Crippen LogP contribution in [0.15, 0.2) is 29.8 Å². The van der Waals surface area contributed by atoms with E-state index in [0.29, 0.717) is 10.0 Å². The number of amides is 1. The minimum Gasteiger partial charge on any atom is -0.297 e. The van der Waals surface area contributed by atoms with Crippen LogP contribution in [0.5, 0.6) is 0 Å². The number of thiophene rings is 1. The Balaban J connectivity index is 1.89. The lowest BCUT2D eigenvalue weighted by Crippen LogP contribution is -2.09. The average Bonchev–Trinajstić information content (AvgIpc) is 2.95. The van der Waals surface area contributed by atoms with Crippen LogP contribution in [0.1, 0.15) is 15.4 Å². The molecular formula is C12H9N3OS2. The van der Waals surface area contributed by atoms with Gasteiger partial charge < -0.3 is 0 Å². The fourth-order valence-electron chi connectivity index (χ4n) is 1.55. The van der Waals surface area contributed by atoms with Gasteiger partial charge in [0.15, 0.2) is 5.13 Å². The van der Waals surface area contributed by atoms with Crippen LogP contribution in [0, 0.1) is 6.92 Å². The predicted molar refractivity (Wildman–Crippen MR) is 74.4 cm³/mol. The molecule has 0 spiro atoms. The molecule has 0 aliphatic heterocycles. The van der Waals surface area contributed by atoms with Gasteiger partial charge in [0.05, 0.1) is 15.8 Å². The van der Waals surface area contributed by atoms with E-state index in [1.807, 2.05) is 24.4 Å². The van der Waals surface area contributed by atoms with Crippen LogP contribution < -0.4 is 5.32 Å². The zero-order chi connectivity index (χ0) is 12.5. The molecule has 1 amide bonds. The summed E-state index contributed by atoms with van der Waals surface area (Å²) in [6, 6.07) is 5.61. The highest BCUT2D eigenvalue weighted by Gasteiger charge is 2.10. The third-order valence-corrected chi connectivity index (χ3v) is 4.18. The first-order valence-corrected chi connectivity index (χ1v) is 7.00. The third-order valence-electron chi connectivity index (χ3n) is 2.38. The number of anilines is 1. The maximum Gasteiger partial charge on any atom is 0.267 e. The van der Waals surface area contributed by atoms with Crippen molar-refractivity contribution in [2.45, 2.75) is 6.92 Å². The van der Waals surface area contributed by atoms with E-state index in [0.717, 1.165) is 15.9 Å². The smallest absolute Gasteiger partial charge is 0.267 e. The highest BCUT2D eigenvalue weighted by atomic mass is 32.1. The van der Waals surface area contributed by atoms with Crippen molar-refractivity contribution in [1.82, 2.24) is 9.97 Å². The van der Waals surface area contributed by atoms with E-state index in [4.69, 9.17) is 0 Å². The van der Waals surface area contributed by atoms with E-state index in [9.17, 15) is 4.79 Å². The zero-order valence-corrected chi connectivity index (χ0v) is 11.1. The van der Waals surface area contributed by atoms with Crippen LogP contribution >= 0.6 is 22.7 Å². The van der Waals surface area contributed by atoms with Gasteiger partial charge in [0.2, 0.25) is 0 Å². The molecule has 0 bridgehead atoms. The summed E-state index contributed by atoms with van der Waals surface area (Å²) in [7, 11) is 0. The van der Waals surface area contributed by atoms with E-state index >= 15 is 0 Å². The summed E-state index contributed by atoms with van der Waals surface area (Å²) in [6.45, 7) is 1.93. The number of fused-ring (bicyclic) bond motifs is 1. The van der Waals surface area contributed by atoms with E-state index in [1.165, 1.54) is 22.7 Å². The number of nitrogens with one attached hydrogen (secondary N) is 1. The van der Waals surface area contributed by atoms with E-state index in [1.54, 1.807) is 12.3 Å². The monoisotopic (exact) mass is 275 g/mol. The lowest BCUT2D eigenvalue weighted by molar-refractivity contribution is 0.103. The molecule has 18 heavy (non-hydrogen) atoms. The Labute approximate surface area is 111 Å². The van der Waals surface area contributed by atoms with E-state index in [-0.39, 0.29) is 5.91 Å². The summed E-state index contributed by atoms with van der Waals surface area (Å²) in [5.74, 6) is -0.117. The number of pyridine rings is 1. The Kier molecular flexibility index (Phi) is 2.81. The standard InChI is InChI=1S/C12H9N3OS2/c1-7-5-10-8(6-13-7)14-12(18-10)15-11(16)9-3-2-4-17-9/h2-6H,1H3,(H,14,15,16). The molecule has 90 valence electrons. The van der Waals surface area contributed by atoms with Crippen molar-refractivity contribution >= 4 is 43.9 Å². The molecule has 0 saturated heterocycles. The van der Waals surface area contributed by atoms with Gasteiger partial charge in [0, 0.05) is 5.69 Å². The van der Waals surface area contributed by atoms with Crippen LogP contribution in [0.25, 0.3) is 10.2 Å². The first-order chi connectivity index (χ1) is 8.72. The van der Waals surface area contributed by atoms with Crippen LogP contribution in [0.2, 0.25) is 0 Å². The SMILES string of the molecule is Cc1cc2sc(NC(=O)c3cccs3)nc2cn1. The average molecular weight is 275 g/mol. The summed E-state index contributed by atoms with van der Waals surface area (Å²) in [4.78, 5) is 21.1. The van der Waals surface area contributed by atoms with E-state index in [2.05, 4.69) is 15.3 Å². The summed E-state index contributed by atoms with van der Waals surface area (Å²) >= 11 is 2.87. The van der Waals surface area contributed by atoms with Crippen molar-refractivity contribution in [3.8, 4) is 0 Å². The van der Waals surface area contributed by atoms with Crippen LogP contribution in [-0.2, 0) is 0 Å². The number of carbonyl (C=O) groups excluding carboxylic acids is 1. The molecule has 4 nitrogen and oxygen atoms in total. The van der Waals surface area contributed by atoms with E-state index < -0.39 is 0 Å². The lowest BCUT2D eigenvalue weighted by Gasteiger charge is -1.96. The number of aromatic nitrogens is 2. The van der Waals surface area contributed by atoms with Crippen LogP contribution in [0.4, 0.5) is 5.13 Å². The maximum atomic E-state index is 11.9. The van der Waals surface area contributed by atoms with Gasteiger partial charge in [-0.25, -0.2) is 4.98 Å². The van der Waals surface area contributed by atoms with Gasteiger partial charge in [-0.2, -0.15) is 0 Å². The molecule has 3 aromatic heterocycles. The zero-order valence-electron chi connectivity index (χ0n) is 9.51. The van der Waals surface area contributed by atoms with Gasteiger partial charge in [-0.05, 0) is 24.4 Å². The van der Waals surface area contributed by atoms with Gasteiger partial charge >= 0.3 is 0 Å². The molecule has 0 unspecified atom stereocenters. The van der Waals surface area contributed by atoms with Gasteiger partial charge in [-0.3, -0.25) is 15.1 Å². The molecular weight excluding hydrogens is 266 g/mol. The highest BCUT2D eigenvalue weighted by Crippen LogP contribution is 2.26. The number of carbonyl (C=O) groups is 1. The largest absolute Gasteiger partial charge is 0.297 e. The maximum absolute atomic E-state index is 11.9. The second-order valence-corrected chi connectivity index (χ2v) is 5.72. The Morgan fingerprint density at radius 2 is 2.33 bits per heavy atom. The Morgan fingerprint density at radius 3 is 3.11 bits per heavy atom. The van der Waals surface area contributed by atoms with Crippen LogP contribution in [-0.4, -0.2) is 15.9 Å². The molecule has 0 fully saturated rings. The minimum absolute atomic E-state index is 0.117. The number of rotatable bonds is 2. The molecule has 3 heterocycles. The second-order valence-electron chi connectivity index (χ2n) is 3.74. The Morgan fingerprint density at radius 1 is 1.44 bits per heavy atom. The lowest BCUT2D eigenvalue weighted by atomic mass is 10.4. The van der Waals surface area contributed by atoms with Crippen LogP contribution in [0.3, 0.4) is 0 Å². The van der Waals surface area contributed by atoms with Crippen molar-refractivity contribution in [3.63, 3.8) is 0 Å². The first kappa shape index (κ1) is 11.3. The predicted octanol–water partition coefficient (Wildman–Crippen LogP) is 3.31. The third kappa shape index (κ3) is 2.12. The molecule has 0 saturated carbocycles. The molecule has 0 aliphatic rings. The normalized spacial score (nSPS) is 10.7. The van der Waals surface area contributed by atoms with Crippen molar-refractivity contribution in [2.75, 3.05) is 5.32 Å². The minimum atomic E-state index is -0.117. The fraction of sp³-hybridized carbons (Fsp3) is 0.0833. The molecule has 3 aromatic rings. The Hall–Kier alpha value is -1.79. The fourth-order valence-corrected chi connectivity index (χ4v) is 3.10. The molecule has 1 N–H and O–H groups in total. The van der Waals surface area contributed by atoms with Crippen molar-refractivity contribution in [2.24, 2.45) is 0 Å². The quantitative estimate of drug-likeness (QED) is 0.780. The number of hydrogen-bond donors (Lipinski definition) is 1. The summed E-state index contributed by atoms with van der Waals surface area (Å²) in [6.07, 6.45) is 1.72. The first-order valence-electron chi connectivity index (χ1n) is 5.30. The molecule has 0 aliphatic carbocycles. The molecule has 3 rings (SSSR count). The number of nitrogens with zero attached hydrogens (tertiary/aromatic N) is 2. The second kappa shape index (κ2) is 4.47. The van der Waals surface area contributed by atoms with Crippen molar-refractivity contribution in [3.05, 3.63) is 40.3 Å². The van der Waals surface area contributed by atoms with Gasteiger partial charge in [0.1, 0.15) is 5.52 Å². The van der Waals surface area contributed by atoms with Gasteiger partial charge in [-0.1, -0.05) is 17.4 Å². The summed E-state index contributed by atoms with van der Waals surface area (Å²) in [5.41, 5.74) is 1.76. The Bertz CT molecular complexity index is 703. The van der Waals surface area contributed by atoms with Crippen molar-refractivity contribution in [1.29, 1.82) is 0 Å². The number of thiazole rings is 1. The van der Waals surface area contributed by atoms with Gasteiger partial charge in [0.25, 0.3) is 5.91 Å². The molecule has 0 aromatic carbocycles. The highest BCUT2D eigenvalue weighted by molar-refractivity contribution is 7.22. The number of aryl methyl sites for hydroxylation is 1. The summed E-state index contributed by atoms with van der Waals surface area (Å²) < 4.78 is 1.03. The summed E-state index contributed by atoms with van der Waals surface area (Å²) in [5, 5.41) is 5.29. The van der Waals surface area contributed by atoms with Gasteiger partial charge in [-0.15, -0.1) is 11.3 Å². The topological polar surface area (TPSA) is 54.9 Å². The molecule has 0 radical (unpaired) electrons. The number of hydrogen-bond acceptors (Lipinski definition) is 5. The molecule has 6 heteroatoms. The van der Waals surface area contributed by atoms with Crippen molar-refractivity contribution < 1.29 is 4.79 Å². The molecule has 0 atom stereocenters.